The zero-order chi connectivity index (χ0) is 41.3. The van der Waals surface area contributed by atoms with Gasteiger partial charge >= 0.3 is 0 Å². The van der Waals surface area contributed by atoms with Crippen LogP contribution >= 0.6 is 23.1 Å². The highest BCUT2D eigenvalue weighted by molar-refractivity contribution is 7.99. The van der Waals surface area contributed by atoms with Crippen molar-refractivity contribution in [2.45, 2.75) is 68.0 Å². The molecule has 5 heteroatoms. The number of hydrogen-bond donors (Lipinski definition) is 0. The Kier molecular flexibility index (Phi) is 4.08. The Morgan fingerprint density at radius 3 is 2.36 bits per heavy atom. The van der Waals surface area contributed by atoms with Crippen molar-refractivity contribution in [3.8, 4) is 11.1 Å². The number of thiazole rings is 1. The van der Waals surface area contributed by atoms with Gasteiger partial charge in [-0.1, -0.05) is 155 Å². The number of hydrogen-bond acceptors (Lipinski definition) is 3. The average molecular weight is 651 g/mol. The summed E-state index contributed by atoms with van der Waals surface area (Å²) in [6.07, 6.45) is 0. The molecule has 0 saturated heterocycles. The average Bonchev–Trinajstić information content (AvgIpc) is 3.64. The standard InChI is InChI=1S/C40H38N2S2Si/c1-39(2,3)28-23-22-25(45(6,7)35-21-13-16-30-37(35)43-34-20-11-8-15-29(34)40(30,4)5)24-27(28)26-14-12-19-33-36(26)44-38-41-31-17-9-10-18-32(31)42(33)38/h8-24H,1-7H3/i4D3,5D3,6D3,7D3. The van der Waals surface area contributed by atoms with Gasteiger partial charge in [0, 0.05) is 37.2 Å². The molecule has 45 heavy (non-hydrogen) atoms. The van der Waals surface area contributed by atoms with Crippen LogP contribution in [-0.4, -0.2) is 17.5 Å². The Labute approximate surface area is 292 Å². The molecule has 0 atom stereocenters. The van der Waals surface area contributed by atoms with Crippen molar-refractivity contribution >= 4 is 67.8 Å². The molecule has 224 valence electrons. The van der Waals surface area contributed by atoms with Crippen molar-refractivity contribution < 1.29 is 16.4 Å². The zero-order valence-electron chi connectivity index (χ0n) is 37.0. The quantitative estimate of drug-likeness (QED) is 0.177. The van der Waals surface area contributed by atoms with E-state index in [0.29, 0.717) is 10.5 Å². The van der Waals surface area contributed by atoms with Crippen LogP contribution in [0.15, 0.2) is 113 Å². The van der Waals surface area contributed by atoms with Crippen molar-refractivity contribution in [1.82, 2.24) is 9.38 Å². The van der Waals surface area contributed by atoms with Crippen molar-refractivity contribution in [3.63, 3.8) is 0 Å². The van der Waals surface area contributed by atoms with E-state index in [1.165, 1.54) is 35.6 Å². The van der Waals surface area contributed by atoms with Crippen LogP contribution in [0, 0.1) is 0 Å². The number of imidazole rings is 1. The minimum atomic E-state index is -5.10. The van der Waals surface area contributed by atoms with Crippen LogP contribution in [0.1, 0.15) is 67.6 Å². The lowest BCUT2D eigenvalue weighted by Crippen LogP contribution is -2.54. The summed E-state index contributed by atoms with van der Waals surface area (Å²) < 4.78 is 112. The molecule has 3 heterocycles. The molecule has 2 aromatic heterocycles. The van der Waals surface area contributed by atoms with E-state index >= 15 is 0 Å². The van der Waals surface area contributed by atoms with E-state index in [-0.39, 0.29) is 26.4 Å². The van der Waals surface area contributed by atoms with Gasteiger partial charge in [0.1, 0.15) is 8.07 Å². The van der Waals surface area contributed by atoms with Crippen LogP contribution in [0.4, 0.5) is 0 Å². The lowest BCUT2D eigenvalue weighted by atomic mass is 9.78. The summed E-state index contributed by atoms with van der Waals surface area (Å²) in [5.74, 6) is 0. The van der Waals surface area contributed by atoms with Crippen LogP contribution in [0.25, 0.3) is 37.3 Å². The third-order valence-electron chi connectivity index (χ3n) is 8.84. The fraction of sp³-hybridized carbons (Fsp3) is 0.225. The first-order chi connectivity index (χ1) is 26.5. The maximum atomic E-state index is 9.28. The minimum absolute atomic E-state index is 0.0499. The van der Waals surface area contributed by atoms with Gasteiger partial charge in [0.25, 0.3) is 0 Å². The van der Waals surface area contributed by atoms with E-state index < -0.39 is 45.6 Å². The van der Waals surface area contributed by atoms with Gasteiger partial charge in [-0.15, -0.1) is 0 Å². The van der Waals surface area contributed by atoms with E-state index in [0.717, 1.165) is 49.1 Å². The first-order valence-electron chi connectivity index (χ1n) is 20.8. The lowest BCUT2D eigenvalue weighted by Gasteiger charge is -2.38. The second-order valence-electron chi connectivity index (χ2n) is 12.8. The molecule has 1 aliphatic heterocycles. The Balaban J connectivity index is 1.49. The molecule has 0 radical (unpaired) electrons. The molecular weight excluding hydrogens is 601 g/mol. The zero-order valence-corrected chi connectivity index (χ0v) is 27.7. The van der Waals surface area contributed by atoms with Crippen LogP contribution in [0.3, 0.4) is 0 Å². The highest BCUT2D eigenvalue weighted by Crippen LogP contribution is 2.49. The number of fused-ring (bicyclic) bond motifs is 7. The van der Waals surface area contributed by atoms with Crippen LogP contribution < -0.4 is 10.4 Å². The molecule has 5 aromatic carbocycles. The summed E-state index contributed by atoms with van der Waals surface area (Å²) in [6.45, 7) is -6.39. The molecule has 0 amide bonds. The number of nitrogens with zero attached hydrogens (tertiary/aromatic N) is 2. The fourth-order valence-corrected chi connectivity index (χ4v) is 11.4. The van der Waals surface area contributed by atoms with Crippen molar-refractivity contribution in [2.75, 3.05) is 0 Å². The molecule has 0 aliphatic carbocycles. The Bertz CT molecular complexity index is 2710. The van der Waals surface area contributed by atoms with Crippen LogP contribution in [0.2, 0.25) is 13.0 Å². The SMILES string of the molecule is [2H]C([2H])([2H])C1(C([2H])([2H])[2H])c2ccccc2Sc2c1cccc2[Si](c1ccc(C(C)(C)C)c(-c2cccc3c2sc2nc4ccccc4n23)c1)(C([2H])([2H])[2H])C([2H])([2H])[2H]. The predicted molar refractivity (Wildman–Crippen MR) is 198 cm³/mol. The molecule has 0 fully saturated rings. The highest BCUT2D eigenvalue weighted by Gasteiger charge is 2.38. The molecule has 0 unspecified atom stereocenters. The van der Waals surface area contributed by atoms with Crippen molar-refractivity contribution in [3.05, 3.63) is 120 Å². The second-order valence-corrected chi connectivity index (χ2v) is 17.4. The molecular formula is C40H38N2S2Si. The van der Waals surface area contributed by atoms with Gasteiger partial charge in [-0.05, 0) is 57.1 Å². The molecule has 8 rings (SSSR count). The third kappa shape index (κ3) is 4.31. The predicted octanol–water partition coefficient (Wildman–Crippen LogP) is 10.3. The van der Waals surface area contributed by atoms with Crippen molar-refractivity contribution in [1.29, 1.82) is 0 Å². The van der Waals surface area contributed by atoms with Crippen LogP contribution in [-0.2, 0) is 10.8 Å². The largest absolute Gasteiger partial charge is 0.283 e. The number of para-hydroxylation sites is 2. The summed E-state index contributed by atoms with van der Waals surface area (Å²) in [6, 6.07) is 29.5. The number of benzene rings is 5. The first-order valence-corrected chi connectivity index (χ1v) is 18.4. The number of aromatic nitrogens is 2. The van der Waals surface area contributed by atoms with E-state index in [9.17, 15) is 8.22 Å². The lowest BCUT2D eigenvalue weighted by molar-refractivity contribution is 0.592. The van der Waals surface area contributed by atoms with E-state index in [2.05, 4.69) is 4.40 Å². The Morgan fingerprint density at radius 2 is 1.53 bits per heavy atom. The first kappa shape index (κ1) is 18.5. The molecule has 1 aliphatic rings. The topological polar surface area (TPSA) is 17.3 Å². The third-order valence-corrected chi connectivity index (χ3v) is 13.7. The molecule has 0 bridgehead atoms. The normalized spacial score (nSPS) is 19.7. The molecule has 0 spiro atoms. The number of rotatable bonds is 3. The van der Waals surface area contributed by atoms with E-state index in [1.54, 1.807) is 30.3 Å². The summed E-state index contributed by atoms with van der Waals surface area (Å²) in [4.78, 5) is 6.03. The van der Waals surface area contributed by atoms with Gasteiger partial charge in [0.05, 0.1) is 21.3 Å². The highest BCUT2D eigenvalue weighted by atomic mass is 32.2. The van der Waals surface area contributed by atoms with Gasteiger partial charge in [0.2, 0.25) is 0 Å². The monoisotopic (exact) mass is 650 g/mol. The van der Waals surface area contributed by atoms with Crippen molar-refractivity contribution in [2.24, 2.45) is 0 Å². The summed E-state index contributed by atoms with van der Waals surface area (Å²) in [5.41, 5.74) is 1.93. The summed E-state index contributed by atoms with van der Waals surface area (Å²) >= 11 is 2.53. The summed E-state index contributed by atoms with van der Waals surface area (Å²) in [5, 5.41) is 0.0571. The fourth-order valence-electron chi connectivity index (χ4n) is 6.58. The van der Waals surface area contributed by atoms with E-state index in [1.807, 2.05) is 69.3 Å². The maximum Gasteiger partial charge on any atom is 0.195 e. The van der Waals surface area contributed by atoms with Gasteiger partial charge in [-0.25, -0.2) is 4.98 Å². The van der Waals surface area contributed by atoms with E-state index in [4.69, 9.17) is 13.2 Å². The van der Waals surface area contributed by atoms with Gasteiger partial charge < -0.3 is 0 Å². The summed E-state index contributed by atoms with van der Waals surface area (Å²) in [7, 11) is -5.10. The molecule has 7 aromatic rings. The maximum absolute atomic E-state index is 9.28. The minimum Gasteiger partial charge on any atom is -0.283 e. The smallest absolute Gasteiger partial charge is 0.195 e. The second kappa shape index (κ2) is 9.93. The molecule has 2 nitrogen and oxygen atoms in total. The molecule has 0 saturated carbocycles. The Hall–Kier alpha value is -3.64. The van der Waals surface area contributed by atoms with Gasteiger partial charge in [0.15, 0.2) is 4.96 Å². The van der Waals surface area contributed by atoms with Gasteiger partial charge in [-0.3, -0.25) is 4.40 Å². The Morgan fingerprint density at radius 1 is 0.778 bits per heavy atom. The molecule has 0 N–H and O–H groups in total. The van der Waals surface area contributed by atoms with Crippen LogP contribution in [0.5, 0.6) is 0 Å². The van der Waals surface area contributed by atoms with Gasteiger partial charge in [-0.2, -0.15) is 0 Å².